The van der Waals surface area contributed by atoms with Crippen molar-refractivity contribution in [1.29, 1.82) is 0 Å². The Morgan fingerprint density at radius 3 is 3.25 bits per heavy atom. The molecule has 0 spiro atoms. The Morgan fingerprint density at radius 1 is 1.38 bits per heavy atom. The smallest absolute Gasteiger partial charge is 0.144 e. The lowest BCUT2D eigenvalue weighted by molar-refractivity contribution is 0.616. The molecule has 0 unspecified atom stereocenters. The van der Waals surface area contributed by atoms with E-state index in [9.17, 15) is 0 Å². The van der Waals surface area contributed by atoms with E-state index in [2.05, 4.69) is 0 Å². The third kappa shape index (κ3) is 0.406. The summed E-state index contributed by atoms with van der Waals surface area (Å²) in [6.45, 7) is 0. The second-order valence-corrected chi connectivity index (χ2v) is 2.52. The van der Waals surface area contributed by atoms with Crippen LogP contribution < -0.4 is 0 Å². The lowest BCUT2D eigenvalue weighted by atomic mass is 10.5. The van der Waals surface area contributed by atoms with Gasteiger partial charge in [-0.2, -0.15) is 0 Å². The zero-order chi connectivity index (χ0) is 5.40. The second kappa shape index (κ2) is 1.36. The van der Waals surface area contributed by atoms with Crippen molar-refractivity contribution < 1.29 is 4.42 Å². The first-order chi connectivity index (χ1) is 3.97. The summed E-state index contributed by atoms with van der Waals surface area (Å²) in [4.78, 5) is 0. The maximum Gasteiger partial charge on any atom is 0.144 e. The lowest BCUT2D eigenvalue weighted by Gasteiger charge is -1.65. The Hall–Kier alpha value is -0.760. The largest absolute Gasteiger partial charge is 0.463 e. The van der Waals surface area contributed by atoms with Gasteiger partial charge in [0.25, 0.3) is 0 Å². The Bertz CT molecular complexity index is 230. The maximum absolute atomic E-state index is 5.07. The number of rotatable bonds is 0. The lowest BCUT2D eigenvalue weighted by Crippen LogP contribution is -1.37. The zero-order valence-corrected chi connectivity index (χ0v) is 4.94. The molecule has 0 N–H and O–H groups in total. The molecule has 2 rings (SSSR count). The van der Waals surface area contributed by atoms with Crippen LogP contribution in [0.2, 0.25) is 0 Å². The fraction of sp³-hybridized carbons (Fsp3) is 0. The summed E-state index contributed by atoms with van der Waals surface area (Å²) in [5.74, 6) is 0. The molecule has 2 heterocycles. The summed E-state index contributed by atoms with van der Waals surface area (Å²) in [5.41, 5.74) is 0.995. The van der Waals surface area contributed by atoms with E-state index in [1.54, 1.807) is 17.6 Å². The highest BCUT2D eigenvalue weighted by atomic mass is 32.1. The van der Waals surface area contributed by atoms with Crippen molar-refractivity contribution in [2.75, 3.05) is 0 Å². The van der Waals surface area contributed by atoms with Gasteiger partial charge in [0, 0.05) is 0 Å². The molecule has 0 atom stereocenters. The van der Waals surface area contributed by atoms with Crippen molar-refractivity contribution in [2.24, 2.45) is 0 Å². The predicted molar refractivity (Wildman–Crippen MR) is 34.1 cm³/mol. The maximum atomic E-state index is 5.07. The molecule has 0 amide bonds. The minimum atomic E-state index is 0.995. The summed E-state index contributed by atoms with van der Waals surface area (Å²) in [7, 11) is 0. The summed E-state index contributed by atoms with van der Waals surface area (Å²) in [5, 5.41) is 2.02. The van der Waals surface area contributed by atoms with Crippen LogP contribution in [0.5, 0.6) is 0 Å². The van der Waals surface area contributed by atoms with Crippen molar-refractivity contribution >= 4 is 21.6 Å². The summed E-state index contributed by atoms with van der Waals surface area (Å²) < 4.78 is 6.30. The van der Waals surface area contributed by atoms with Crippen LogP contribution in [-0.2, 0) is 0 Å². The number of hydrogen-bond acceptors (Lipinski definition) is 2. The van der Waals surface area contributed by atoms with E-state index in [1.807, 2.05) is 17.5 Å². The van der Waals surface area contributed by atoms with Gasteiger partial charge in [-0.3, -0.25) is 0 Å². The minimum Gasteiger partial charge on any atom is -0.463 e. The molecule has 0 saturated heterocycles. The monoisotopic (exact) mass is 124 g/mol. The topological polar surface area (TPSA) is 13.1 Å². The molecule has 0 fully saturated rings. The molecule has 2 heteroatoms. The van der Waals surface area contributed by atoms with E-state index in [1.165, 1.54) is 4.70 Å². The van der Waals surface area contributed by atoms with Crippen LogP contribution in [0.25, 0.3) is 10.3 Å². The number of furan rings is 1. The molecule has 0 bridgehead atoms. The Balaban J connectivity index is 3.06. The molecule has 0 aliphatic heterocycles. The highest BCUT2D eigenvalue weighted by Gasteiger charge is 1.92. The van der Waals surface area contributed by atoms with E-state index < -0.39 is 0 Å². The van der Waals surface area contributed by atoms with E-state index in [-0.39, 0.29) is 0 Å². The number of hydrogen-bond donors (Lipinski definition) is 0. The fourth-order valence-electron chi connectivity index (χ4n) is 0.697. The average molecular weight is 124 g/mol. The molecule has 2 aromatic heterocycles. The molecule has 0 aromatic carbocycles. The predicted octanol–water partition coefficient (Wildman–Crippen LogP) is 2.49. The fourth-order valence-corrected chi connectivity index (χ4v) is 1.40. The molecular weight excluding hydrogens is 120 g/mol. The Labute approximate surface area is 50.5 Å². The Kier molecular flexibility index (Phi) is 0.704. The first-order valence-corrected chi connectivity index (χ1v) is 3.25. The highest BCUT2D eigenvalue weighted by Crippen LogP contribution is 2.20. The van der Waals surface area contributed by atoms with Gasteiger partial charge in [0.2, 0.25) is 0 Å². The van der Waals surface area contributed by atoms with E-state index in [0.717, 1.165) is 5.58 Å². The summed E-state index contributed by atoms with van der Waals surface area (Å²) in [6, 6.07) is 3.94. The molecule has 8 heavy (non-hydrogen) atoms. The van der Waals surface area contributed by atoms with E-state index in [0.29, 0.717) is 0 Å². The normalized spacial score (nSPS) is 10.5. The molecule has 40 valence electrons. The van der Waals surface area contributed by atoms with Gasteiger partial charge in [-0.05, 0) is 17.5 Å². The van der Waals surface area contributed by atoms with Crippen LogP contribution in [-0.4, -0.2) is 0 Å². The van der Waals surface area contributed by atoms with Crippen molar-refractivity contribution in [3.63, 3.8) is 0 Å². The Morgan fingerprint density at radius 2 is 2.38 bits per heavy atom. The molecular formula is C6H4OS. The van der Waals surface area contributed by atoms with E-state index >= 15 is 0 Å². The first-order valence-electron chi connectivity index (χ1n) is 2.37. The van der Waals surface area contributed by atoms with Crippen LogP contribution in [0, 0.1) is 0 Å². The quantitative estimate of drug-likeness (QED) is 0.526. The first kappa shape index (κ1) is 4.15. The van der Waals surface area contributed by atoms with Crippen LogP contribution in [0.3, 0.4) is 0 Å². The van der Waals surface area contributed by atoms with Gasteiger partial charge in [0.05, 0.1) is 11.0 Å². The molecule has 0 radical (unpaired) electrons. The third-order valence-corrected chi connectivity index (χ3v) is 1.94. The van der Waals surface area contributed by atoms with Crippen molar-refractivity contribution in [3.8, 4) is 0 Å². The van der Waals surface area contributed by atoms with Crippen LogP contribution >= 0.6 is 11.3 Å². The minimum absolute atomic E-state index is 0.995. The van der Waals surface area contributed by atoms with Crippen LogP contribution in [0.1, 0.15) is 0 Å². The van der Waals surface area contributed by atoms with Gasteiger partial charge in [-0.15, -0.1) is 11.3 Å². The van der Waals surface area contributed by atoms with Gasteiger partial charge in [-0.25, -0.2) is 0 Å². The van der Waals surface area contributed by atoms with Gasteiger partial charge in [0.1, 0.15) is 5.58 Å². The van der Waals surface area contributed by atoms with Crippen molar-refractivity contribution in [1.82, 2.24) is 0 Å². The molecule has 0 aliphatic carbocycles. The summed E-state index contributed by atoms with van der Waals surface area (Å²) >= 11 is 1.70. The molecule has 0 saturated carbocycles. The van der Waals surface area contributed by atoms with Gasteiger partial charge < -0.3 is 4.42 Å². The van der Waals surface area contributed by atoms with Gasteiger partial charge in [-0.1, -0.05) is 0 Å². The van der Waals surface area contributed by atoms with Gasteiger partial charge >= 0.3 is 0 Å². The second-order valence-electron chi connectivity index (χ2n) is 1.57. The number of thiophene rings is 1. The average Bonchev–Trinajstić information content (AvgIpc) is 2.15. The highest BCUT2D eigenvalue weighted by molar-refractivity contribution is 7.17. The van der Waals surface area contributed by atoms with Crippen molar-refractivity contribution in [2.45, 2.75) is 0 Å². The van der Waals surface area contributed by atoms with Gasteiger partial charge in [0.15, 0.2) is 0 Å². The number of fused-ring (bicyclic) bond motifs is 1. The third-order valence-electron chi connectivity index (χ3n) is 1.07. The van der Waals surface area contributed by atoms with Crippen LogP contribution in [0.4, 0.5) is 0 Å². The van der Waals surface area contributed by atoms with Crippen LogP contribution in [0.15, 0.2) is 28.2 Å². The SMILES string of the molecule is c1cc2sccc2o1. The standard InChI is InChI=1S/C6H4OS/c1-3-7-5-2-4-8-6(1)5/h1-4H. The molecule has 1 nitrogen and oxygen atoms in total. The van der Waals surface area contributed by atoms with E-state index in [4.69, 9.17) is 4.42 Å². The summed E-state index contributed by atoms with van der Waals surface area (Å²) in [6.07, 6.45) is 1.71. The zero-order valence-electron chi connectivity index (χ0n) is 4.13. The molecule has 2 aromatic rings. The van der Waals surface area contributed by atoms with Crippen molar-refractivity contribution in [3.05, 3.63) is 23.8 Å². The molecule has 0 aliphatic rings.